The van der Waals surface area contributed by atoms with E-state index in [4.69, 9.17) is 14.2 Å². The summed E-state index contributed by atoms with van der Waals surface area (Å²) in [6, 6.07) is 11.1. The van der Waals surface area contributed by atoms with Gasteiger partial charge in [-0.15, -0.1) is 0 Å². The molecule has 0 radical (unpaired) electrons. The zero-order valence-electron chi connectivity index (χ0n) is 38.0. The van der Waals surface area contributed by atoms with Gasteiger partial charge in [-0.25, -0.2) is 0 Å². The minimum absolute atomic E-state index is 0.0698. The lowest BCUT2D eigenvalue weighted by Crippen LogP contribution is -2.81. The number of aliphatic hydroxyl groups excluding tert-OH is 1. The molecule has 5 heterocycles. The predicted molar refractivity (Wildman–Crippen MR) is 249 cm³/mol. The molecule has 3 fully saturated rings. The van der Waals surface area contributed by atoms with Crippen molar-refractivity contribution < 1.29 is 43.9 Å². The Kier molecular flexibility index (Phi) is 12.1. The second-order valence-corrected chi connectivity index (χ2v) is 22.1. The number of nitrogens with one attached hydrogen (secondary N) is 1. The van der Waals surface area contributed by atoms with Crippen molar-refractivity contribution in [1.29, 1.82) is 0 Å². The molecule has 1 saturated carbocycles. The third kappa shape index (κ3) is 6.56. The van der Waals surface area contributed by atoms with Crippen LogP contribution in [0.25, 0.3) is 5.57 Å². The molecule has 7 aliphatic rings. The van der Waals surface area contributed by atoms with Crippen LogP contribution < -0.4 is 15.0 Å². The monoisotopic (exact) mass is 916 g/mol. The lowest BCUT2D eigenvalue weighted by atomic mass is 9.47. The first kappa shape index (κ1) is 45.6. The molecule has 1 spiro atoms. The van der Waals surface area contributed by atoms with Crippen LogP contribution in [0.3, 0.4) is 0 Å². The third-order valence-electron chi connectivity index (χ3n) is 16.3. The number of nitrogens with zero attached hydrogens (tertiary/aromatic N) is 3. The second kappa shape index (κ2) is 16.9. The van der Waals surface area contributed by atoms with Crippen LogP contribution in [0.1, 0.15) is 75.1 Å². The van der Waals surface area contributed by atoms with E-state index in [9.17, 15) is 24.9 Å². The number of fused-ring (bicyclic) bond motifs is 5. The zero-order valence-corrected chi connectivity index (χ0v) is 39.6. The van der Waals surface area contributed by atoms with Gasteiger partial charge in [0.1, 0.15) is 30.4 Å². The standard InChI is InChI=1S/C49H64N4O9S2/c1-7-45(58)24-30-25-48(44(57)61-6,34-21-31-13-10-11-14-32(31)33(34)28-52(27-30)29-45)36-22-35-37(23-38(36)60-5)51(4)41-47(35)16-18-53-17-12-15-46(8-2,40(47)53)42(55)49(41,59)43(56)50-26-39(54)62-19-20-64-63-9-3/h10-15,22-23,30,40-42,55,58-59H,7-9,16-21,24-29H2,1-6H3,(H,50,56)/t30-,40?,41-,42-,45+,46-,47-,48-,49+/m1/s1. The van der Waals surface area contributed by atoms with Gasteiger partial charge >= 0.3 is 11.9 Å². The van der Waals surface area contributed by atoms with Crippen molar-refractivity contribution in [3.05, 3.63) is 76.4 Å². The Balaban J connectivity index is 1.23. The van der Waals surface area contributed by atoms with Gasteiger partial charge in [0, 0.05) is 78.9 Å². The number of rotatable bonds is 13. The van der Waals surface area contributed by atoms with Gasteiger partial charge in [-0.05, 0) is 84.9 Å². The number of carbonyl (C=O) groups excluding carboxylic acids is 3. The van der Waals surface area contributed by atoms with E-state index in [0.717, 1.165) is 39.3 Å². The van der Waals surface area contributed by atoms with Crippen LogP contribution in [0.15, 0.2) is 54.1 Å². The second-order valence-electron chi connectivity index (χ2n) is 19.2. The molecule has 64 heavy (non-hydrogen) atoms. The average Bonchev–Trinajstić information content (AvgIpc) is 3.95. The first-order valence-corrected chi connectivity index (χ1v) is 25.5. The zero-order chi connectivity index (χ0) is 45.4. The molecule has 5 aliphatic heterocycles. The molecule has 2 aliphatic carbocycles. The molecule has 346 valence electrons. The molecule has 2 aromatic rings. The summed E-state index contributed by atoms with van der Waals surface area (Å²) in [7, 11) is 8.18. The number of piperidine rings is 1. The Morgan fingerprint density at radius 3 is 2.53 bits per heavy atom. The largest absolute Gasteiger partial charge is 0.496 e. The molecule has 4 N–H and O–H groups in total. The average molecular weight is 917 g/mol. The van der Waals surface area contributed by atoms with Gasteiger partial charge in [0.15, 0.2) is 5.60 Å². The van der Waals surface area contributed by atoms with Gasteiger partial charge in [0.05, 0.1) is 25.9 Å². The van der Waals surface area contributed by atoms with E-state index in [2.05, 4.69) is 40.2 Å². The van der Waals surface area contributed by atoms with E-state index < -0.39 is 64.0 Å². The normalized spacial score (nSPS) is 35.6. The van der Waals surface area contributed by atoms with Crippen LogP contribution in [0.5, 0.6) is 5.75 Å². The molecule has 10 atom stereocenters. The molecular weight excluding hydrogens is 853 g/mol. The quantitative estimate of drug-likeness (QED) is 0.0978. The Morgan fingerprint density at radius 1 is 1.00 bits per heavy atom. The van der Waals surface area contributed by atoms with Crippen LogP contribution in [0.2, 0.25) is 0 Å². The summed E-state index contributed by atoms with van der Waals surface area (Å²) in [6.45, 7) is 8.89. The van der Waals surface area contributed by atoms with Gasteiger partial charge in [0.2, 0.25) is 0 Å². The maximum absolute atomic E-state index is 15.3. The highest BCUT2D eigenvalue weighted by Crippen LogP contribution is 2.68. The molecule has 13 nitrogen and oxygen atoms in total. The molecule has 2 unspecified atom stereocenters. The molecule has 15 heteroatoms. The van der Waals surface area contributed by atoms with E-state index in [-0.39, 0.29) is 18.6 Å². The van der Waals surface area contributed by atoms with Crippen molar-refractivity contribution >= 4 is 50.7 Å². The highest BCUT2D eigenvalue weighted by molar-refractivity contribution is 8.76. The number of carbonyl (C=O) groups is 3. The van der Waals surface area contributed by atoms with Crippen LogP contribution >= 0.6 is 21.6 Å². The summed E-state index contributed by atoms with van der Waals surface area (Å²) >= 11 is 0. The van der Waals surface area contributed by atoms with Crippen molar-refractivity contribution in [2.75, 3.05) is 83.5 Å². The molecule has 2 saturated heterocycles. The number of hydrogen-bond donors (Lipinski definition) is 4. The van der Waals surface area contributed by atoms with Crippen LogP contribution in [0, 0.1) is 11.3 Å². The van der Waals surface area contributed by atoms with E-state index in [1.807, 2.05) is 56.1 Å². The minimum Gasteiger partial charge on any atom is -0.496 e. The van der Waals surface area contributed by atoms with Gasteiger partial charge < -0.3 is 39.7 Å². The van der Waals surface area contributed by atoms with Crippen molar-refractivity contribution in [3.63, 3.8) is 0 Å². The number of likely N-dealkylation sites (N-methyl/N-ethyl adjacent to an activating group) is 1. The summed E-state index contributed by atoms with van der Waals surface area (Å²) in [5.41, 5.74) is -0.148. The number of hydrogen-bond acceptors (Lipinski definition) is 14. The summed E-state index contributed by atoms with van der Waals surface area (Å²) in [6.07, 6.45) is 5.49. The molecule has 1 amide bonds. The van der Waals surface area contributed by atoms with Gasteiger partial charge in [-0.2, -0.15) is 0 Å². The molecular formula is C49H64N4O9S2. The van der Waals surface area contributed by atoms with Crippen molar-refractivity contribution in [3.8, 4) is 5.75 Å². The van der Waals surface area contributed by atoms with E-state index in [0.29, 0.717) is 88.3 Å². The SMILES string of the molecule is CCSSCCOC(=O)CNC(=O)[C@@]1(O)[C@H](O)[C@]2(CC)C=CCN3CC[C@@]4(c5cc([C@@]6(C(=O)OC)C[C@@H]7CN(CC8=C6Cc6ccccc68)C[C@](O)(CC)C7)c(OC)cc5N(C)[C@@H]14)C32. The van der Waals surface area contributed by atoms with E-state index in [1.165, 1.54) is 7.11 Å². The van der Waals surface area contributed by atoms with Crippen molar-refractivity contribution in [2.45, 2.75) is 99.5 Å². The number of anilines is 1. The van der Waals surface area contributed by atoms with Gasteiger partial charge in [-0.1, -0.05) is 78.8 Å². The number of aliphatic hydroxyl groups is 3. The Bertz CT molecular complexity index is 2270. The third-order valence-corrected chi connectivity index (χ3v) is 18.7. The first-order valence-electron chi connectivity index (χ1n) is 23.0. The van der Waals surface area contributed by atoms with Crippen LogP contribution in [0.4, 0.5) is 5.69 Å². The fraction of sp³-hybridized carbons (Fsp3) is 0.612. The highest BCUT2D eigenvalue weighted by atomic mass is 33.1. The van der Waals surface area contributed by atoms with Crippen LogP contribution in [-0.2, 0) is 41.1 Å². The molecule has 9 rings (SSSR count). The van der Waals surface area contributed by atoms with Gasteiger partial charge in [-0.3, -0.25) is 24.2 Å². The smallest absolute Gasteiger partial charge is 0.325 e. The number of esters is 2. The highest BCUT2D eigenvalue weighted by Gasteiger charge is 2.78. The predicted octanol–water partition coefficient (Wildman–Crippen LogP) is 4.25. The molecule has 0 aromatic heterocycles. The summed E-state index contributed by atoms with van der Waals surface area (Å²) < 4.78 is 17.8. The summed E-state index contributed by atoms with van der Waals surface area (Å²) in [5.74, 6) is 0.0686. The fourth-order valence-electron chi connectivity index (χ4n) is 13.9. The fourth-order valence-corrected chi connectivity index (χ4v) is 15.4. The number of benzene rings is 2. The summed E-state index contributed by atoms with van der Waals surface area (Å²) in [5, 5.41) is 40.9. The van der Waals surface area contributed by atoms with Gasteiger partial charge in [0.25, 0.3) is 5.91 Å². The number of amides is 1. The Morgan fingerprint density at radius 2 is 1.80 bits per heavy atom. The maximum atomic E-state index is 15.3. The first-order chi connectivity index (χ1) is 30.7. The summed E-state index contributed by atoms with van der Waals surface area (Å²) in [4.78, 5) is 49.8. The lowest BCUT2D eigenvalue weighted by Gasteiger charge is -2.63. The lowest BCUT2D eigenvalue weighted by molar-refractivity contribution is -0.203. The Hall–Kier alpha value is -3.57. The topological polar surface area (TPSA) is 161 Å². The van der Waals surface area contributed by atoms with Crippen molar-refractivity contribution in [1.82, 2.24) is 15.1 Å². The Labute approximate surface area is 384 Å². The number of methoxy groups -OCH3 is 2. The van der Waals surface area contributed by atoms with Crippen LogP contribution in [-0.4, -0.2) is 151 Å². The maximum Gasteiger partial charge on any atom is 0.325 e. The van der Waals surface area contributed by atoms with E-state index in [1.54, 1.807) is 28.7 Å². The van der Waals surface area contributed by atoms with E-state index >= 15 is 4.79 Å². The van der Waals surface area contributed by atoms with Crippen molar-refractivity contribution in [2.24, 2.45) is 11.3 Å². The molecule has 2 bridgehead atoms. The number of ether oxygens (including phenoxy) is 3. The minimum atomic E-state index is -2.40. The molecule has 2 aromatic carbocycles.